The Morgan fingerprint density at radius 3 is 3.13 bits per heavy atom. The second kappa shape index (κ2) is 5.53. The topological polar surface area (TPSA) is 87.7 Å². The predicted molar refractivity (Wildman–Crippen MR) is 58.9 cm³/mol. The van der Waals surface area contributed by atoms with E-state index in [2.05, 4.69) is 26.9 Å². The quantitative estimate of drug-likeness (QED) is 0.261. The number of aromatic nitrogens is 1. The zero-order chi connectivity index (χ0) is 11.1. The first kappa shape index (κ1) is 10.9. The molecule has 0 fully saturated rings. The van der Waals surface area contributed by atoms with E-state index in [1.807, 2.05) is 6.92 Å². The van der Waals surface area contributed by atoms with Crippen molar-refractivity contribution in [2.45, 2.75) is 13.3 Å². The summed E-state index contributed by atoms with van der Waals surface area (Å²) < 4.78 is 0. The maximum absolute atomic E-state index is 8.03. The molecule has 0 amide bonds. The van der Waals surface area contributed by atoms with Crippen LogP contribution in [-0.2, 0) is 0 Å². The third-order valence-corrected chi connectivity index (χ3v) is 1.76. The van der Waals surface area contributed by atoms with Gasteiger partial charge in [0.15, 0.2) is 0 Å². The van der Waals surface area contributed by atoms with Crippen LogP contribution in [0.5, 0.6) is 0 Å². The zero-order valence-electron chi connectivity index (χ0n) is 8.44. The first-order valence-corrected chi connectivity index (χ1v) is 4.46. The van der Waals surface area contributed by atoms with E-state index in [4.69, 9.17) is 11.3 Å². The van der Waals surface area contributed by atoms with Crippen LogP contribution in [0.4, 0.5) is 5.69 Å². The van der Waals surface area contributed by atoms with Crippen molar-refractivity contribution in [2.24, 2.45) is 5.11 Å². The summed E-state index contributed by atoms with van der Waals surface area (Å²) in [6, 6.07) is 1.78. The number of pyridine rings is 1. The number of nitrogen functional groups attached to an aromatic ring is 1. The van der Waals surface area contributed by atoms with Crippen molar-refractivity contribution in [3.05, 3.63) is 34.0 Å². The monoisotopic (exact) mass is 201 g/mol. The molecule has 1 aromatic rings. The Morgan fingerprint density at radius 2 is 2.47 bits per heavy atom. The fourth-order valence-corrected chi connectivity index (χ4v) is 0.934. The van der Waals surface area contributed by atoms with E-state index in [1.54, 1.807) is 12.3 Å². The molecule has 0 bridgehead atoms. The van der Waals surface area contributed by atoms with Gasteiger partial charge in [-0.05, 0) is 18.5 Å². The molecule has 1 aromatic heterocycles. The van der Waals surface area contributed by atoms with Gasteiger partial charge in [-0.1, -0.05) is 17.0 Å². The smallest absolute Gasteiger partial charge is 0.0602 e. The van der Waals surface area contributed by atoms with Gasteiger partial charge in [-0.15, -0.1) is 0 Å². The van der Waals surface area contributed by atoms with Gasteiger partial charge >= 0.3 is 0 Å². The lowest BCUT2D eigenvalue weighted by Gasteiger charge is -1.97. The zero-order valence-corrected chi connectivity index (χ0v) is 8.44. The standard InChI is InChI=1S/C10H11N5/c1-8-10(11)6-9(7-13-8)4-2-3-5-14-15-12/h6-7H,3,5,11H2,1H3. The van der Waals surface area contributed by atoms with Crippen LogP contribution in [0.3, 0.4) is 0 Å². The molecule has 15 heavy (non-hydrogen) atoms. The summed E-state index contributed by atoms with van der Waals surface area (Å²) in [5.74, 6) is 5.77. The highest BCUT2D eigenvalue weighted by Gasteiger charge is 1.94. The second-order valence-electron chi connectivity index (χ2n) is 2.90. The minimum absolute atomic E-state index is 0.387. The third-order valence-electron chi connectivity index (χ3n) is 1.76. The van der Waals surface area contributed by atoms with E-state index in [0.29, 0.717) is 18.7 Å². The van der Waals surface area contributed by atoms with Crippen LogP contribution >= 0.6 is 0 Å². The van der Waals surface area contributed by atoms with E-state index in [-0.39, 0.29) is 0 Å². The number of aryl methyl sites for hydroxylation is 1. The summed E-state index contributed by atoms with van der Waals surface area (Å²) in [5.41, 5.74) is 15.9. The number of hydrogen-bond donors (Lipinski definition) is 1. The van der Waals surface area contributed by atoms with Crippen molar-refractivity contribution >= 4 is 5.69 Å². The maximum atomic E-state index is 8.03. The molecule has 76 valence electrons. The molecule has 1 heterocycles. The van der Waals surface area contributed by atoms with E-state index in [9.17, 15) is 0 Å². The summed E-state index contributed by atoms with van der Waals surface area (Å²) in [5, 5.41) is 3.37. The summed E-state index contributed by atoms with van der Waals surface area (Å²) in [6.07, 6.45) is 2.21. The summed E-state index contributed by atoms with van der Waals surface area (Å²) in [4.78, 5) is 6.72. The number of anilines is 1. The van der Waals surface area contributed by atoms with E-state index in [1.165, 1.54) is 0 Å². The highest BCUT2D eigenvalue weighted by molar-refractivity contribution is 5.48. The highest BCUT2D eigenvalue weighted by atomic mass is 15.1. The van der Waals surface area contributed by atoms with Gasteiger partial charge in [-0.25, -0.2) is 0 Å². The van der Waals surface area contributed by atoms with Crippen LogP contribution in [-0.4, -0.2) is 11.5 Å². The number of hydrogen-bond acceptors (Lipinski definition) is 3. The number of nitrogens with two attached hydrogens (primary N) is 1. The largest absolute Gasteiger partial charge is 0.397 e. The Kier molecular flexibility index (Phi) is 4.02. The number of nitrogens with zero attached hydrogens (tertiary/aromatic N) is 4. The fraction of sp³-hybridized carbons (Fsp3) is 0.300. The Morgan fingerprint density at radius 1 is 1.67 bits per heavy atom. The molecule has 0 spiro atoms. The normalized spacial score (nSPS) is 8.60. The van der Waals surface area contributed by atoms with Crippen molar-refractivity contribution < 1.29 is 0 Å². The molecular weight excluding hydrogens is 190 g/mol. The van der Waals surface area contributed by atoms with Crippen molar-refractivity contribution in [3.63, 3.8) is 0 Å². The molecule has 5 heteroatoms. The summed E-state index contributed by atoms with van der Waals surface area (Å²) in [6.45, 7) is 2.23. The number of azide groups is 1. The van der Waals surface area contributed by atoms with Gasteiger partial charge in [-0.2, -0.15) is 0 Å². The Bertz CT molecular complexity index is 449. The van der Waals surface area contributed by atoms with Crippen LogP contribution in [0.2, 0.25) is 0 Å². The molecule has 0 radical (unpaired) electrons. The number of rotatable bonds is 2. The lowest BCUT2D eigenvalue weighted by atomic mass is 10.2. The van der Waals surface area contributed by atoms with Crippen LogP contribution in [0.1, 0.15) is 17.7 Å². The van der Waals surface area contributed by atoms with Crippen LogP contribution in [0.25, 0.3) is 10.4 Å². The Balaban J connectivity index is 2.64. The SMILES string of the molecule is Cc1ncc(C#CCCN=[N+]=[N-])cc1N. The van der Waals surface area contributed by atoms with Crippen LogP contribution in [0.15, 0.2) is 17.4 Å². The first-order chi connectivity index (χ1) is 7.24. The third kappa shape index (κ3) is 3.59. The molecule has 0 aromatic carbocycles. The lowest BCUT2D eigenvalue weighted by Crippen LogP contribution is -1.93. The molecule has 0 atom stereocenters. The molecule has 2 N–H and O–H groups in total. The second-order valence-corrected chi connectivity index (χ2v) is 2.90. The molecule has 0 aliphatic rings. The van der Waals surface area contributed by atoms with Crippen molar-refractivity contribution in [2.75, 3.05) is 12.3 Å². The van der Waals surface area contributed by atoms with Crippen LogP contribution < -0.4 is 5.73 Å². The van der Waals surface area contributed by atoms with E-state index in [0.717, 1.165) is 11.3 Å². The Labute approximate surface area is 87.9 Å². The van der Waals surface area contributed by atoms with Gasteiger partial charge in [0.25, 0.3) is 0 Å². The Hall–Kier alpha value is -2.18. The summed E-state index contributed by atoms with van der Waals surface area (Å²) >= 11 is 0. The lowest BCUT2D eigenvalue weighted by molar-refractivity contribution is 1.01. The van der Waals surface area contributed by atoms with Gasteiger partial charge in [0.1, 0.15) is 0 Å². The molecule has 5 nitrogen and oxygen atoms in total. The van der Waals surface area contributed by atoms with E-state index < -0.39 is 0 Å². The average molecular weight is 201 g/mol. The molecule has 0 unspecified atom stereocenters. The van der Waals surface area contributed by atoms with Crippen molar-refractivity contribution in [1.29, 1.82) is 0 Å². The fourth-order valence-electron chi connectivity index (χ4n) is 0.934. The minimum atomic E-state index is 0.387. The molecule has 0 saturated heterocycles. The molecule has 0 saturated carbocycles. The molecule has 1 rings (SSSR count). The van der Waals surface area contributed by atoms with Gasteiger partial charge in [0, 0.05) is 29.6 Å². The van der Waals surface area contributed by atoms with Gasteiger partial charge in [0.2, 0.25) is 0 Å². The first-order valence-electron chi connectivity index (χ1n) is 4.46. The van der Waals surface area contributed by atoms with Crippen molar-refractivity contribution in [3.8, 4) is 11.8 Å². The molecule has 0 aliphatic carbocycles. The maximum Gasteiger partial charge on any atom is 0.0602 e. The average Bonchev–Trinajstić information content (AvgIpc) is 2.23. The van der Waals surface area contributed by atoms with Gasteiger partial charge in [-0.3, -0.25) is 4.98 Å². The van der Waals surface area contributed by atoms with Gasteiger partial charge in [0.05, 0.1) is 11.4 Å². The predicted octanol–water partition coefficient (Wildman–Crippen LogP) is 2.02. The van der Waals surface area contributed by atoms with E-state index >= 15 is 0 Å². The van der Waals surface area contributed by atoms with Crippen molar-refractivity contribution in [1.82, 2.24) is 4.98 Å². The molecule has 0 aliphatic heterocycles. The molecular formula is C10H11N5. The van der Waals surface area contributed by atoms with Crippen LogP contribution in [0, 0.1) is 18.8 Å². The van der Waals surface area contributed by atoms with Gasteiger partial charge < -0.3 is 5.73 Å². The highest BCUT2D eigenvalue weighted by Crippen LogP contribution is 2.08. The minimum Gasteiger partial charge on any atom is -0.397 e. The summed E-state index contributed by atoms with van der Waals surface area (Å²) in [7, 11) is 0.